The Balaban J connectivity index is 2.52. The molecule has 54 valence electrons. The van der Waals surface area contributed by atoms with Gasteiger partial charge in [-0.25, -0.2) is 0 Å². The molecule has 0 fully saturated rings. The lowest BCUT2D eigenvalue weighted by Crippen LogP contribution is -1.81. The van der Waals surface area contributed by atoms with Crippen LogP contribution >= 0.6 is 11.8 Å². The van der Waals surface area contributed by atoms with Crippen LogP contribution in [-0.2, 0) is 0 Å². The number of hydrogen-bond acceptors (Lipinski definition) is 3. The van der Waals surface area contributed by atoms with Crippen LogP contribution in [0.5, 0.6) is 0 Å². The van der Waals surface area contributed by atoms with E-state index >= 15 is 0 Å². The molecule has 0 amide bonds. The Hall–Kier alpha value is -1.09. The van der Waals surface area contributed by atoms with Crippen molar-refractivity contribution in [1.29, 1.82) is 0 Å². The molecule has 2 nitrogen and oxygen atoms in total. The van der Waals surface area contributed by atoms with Crippen molar-refractivity contribution in [2.75, 3.05) is 0 Å². The third kappa shape index (κ3) is 1.33. The van der Waals surface area contributed by atoms with Crippen LogP contribution in [0.2, 0.25) is 0 Å². The van der Waals surface area contributed by atoms with Crippen LogP contribution in [0, 0.1) is 0 Å². The molecule has 1 aliphatic rings. The van der Waals surface area contributed by atoms with Gasteiger partial charge in [0.25, 0.3) is 0 Å². The predicted molar refractivity (Wildman–Crippen MR) is 48.4 cm³/mol. The van der Waals surface area contributed by atoms with Gasteiger partial charge in [0, 0.05) is 10.5 Å². The Morgan fingerprint density at radius 1 is 1.09 bits per heavy atom. The van der Waals surface area contributed by atoms with Crippen molar-refractivity contribution >= 4 is 23.5 Å². The molecule has 0 radical (unpaired) electrons. The van der Waals surface area contributed by atoms with Crippen molar-refractivity contribution in [3.05, 3.63) is 29.8 Å². The molecule has 1 aliphatic heterocycles. The molecule has 1 heterocycles. The quantitative estimate of drug-likeness (QED) is 0.573. The molecule has 0 bridgehead atoms. The maximum atomic E-state index is 3.84. The highest BCUT2D eigenvalue weighted by Gasteiger charge is 1.99. The third-order valence-electron chi connectivity index (χ3n) is 1.41. The molecule has 0 unspecified atom stereocenters. The summed E-state index contributed by atoms with van der Waals surface area (Å²) >= 11 is 1.59. The van der Waals surface area contributed by atoms with Gasteiger partial charge in [-0.2, -0.15) is 10.2 Å². The second-order valence-corrected chi connectivity index (χ2v) is 3.01. The monoisotopic (exact) mass is 162 g/mol. The van der Waals surface area contributed by atoms with E-state index in [9.17, 15) is 0 Å². The van der Waals surface area contributed by atoms with E-state index in [2.05, 4.69) is 16.3 Å². The van der Waals surface area contributed by atoms with Crippen LogP contribution in [0.3, 0.4) is 0 Å². The summed E-state index contributed by atoms with van der Waals surface area (Å²) in [5.74, 6) is 0. The maximum Gasteiger partial charge on any atom is 0.0872 e. The van der Waals surface area contributed by atoms with Gasteiger partial charge >= 0.3 is 0 Å². The van der Waals surface area contributed by atoms with E-state index in [1.54, 1.807) is 23.5 Å². The first-order valence-electron chi connectivity index (χ1n) is 3.27. The number of benzene rings is 1. The summed E-state index contributed by atoms with van der Waals surface area (Å²) in [5.41, 5.74) is 2.87. The molecular formula is C8H6N2S. The molecule has 2 rings (SSSR count). The average Bonchev–Trinajstić information content (AvgIpc) is 2.28. The summed E-state index contributed by atoms with van der Waals surface area (Å²) in [6.45, 7) is 0. The lowest BCUT2D eigenvalue weighted by molar-refractivity contribution is 1.27. The average molecular weight is 162 g/mol. The van der Waals surface area contributed by atoms with Crippen molar-refractivity contribution in [1.82, 2.24) is 0 Å². The standard InChI is InChI=1S/C8H6N2S/c1-2-4-8-7(3-1)5-9-10-6-11-8/h1-6H. The fraction of sp³-hybridized carbons (Fsp3) is 0. The number of rotatable bonds is 0. The van der Waals surface area contributed by atoms with E-state index < -0.39 is 0 Å². The highest BCUT2D eigenvalue weighted by Crippen LogP contribution is 2.20. The highest BCUT2D eigenvalue weighted by molar-refractivity contribution is 8.12. The predicted octanol–water partition coefficient (Wildman–Crippen LogP) is 2.15. The Kier molecular flexibility index (Phi) is 1.73. The van der Waals surface area contributed by atoms with Gasteiger partial charge in [0.1, 0.15) is 0 Å². The van der Waals surface area contributed by atoms with Crippen molar-refractivity contribution in [2.24, 2.45) is 10.2 Å². The van der Waals surface area contributed by atoms with Gasteiger partial charge in [0.15, 0.2) is 0 Å². The lowest BCUT2D eigenvalue weighted by Gasteiger charge is -1.96. The largest absolute Gasteiger partial charge is 0.158 e. The van der Waals surface area contributed by atoms with E-state index in [0.29, 0.717) is 0 Å². The van der Waals surface area contributed by atoms with E-state index in [-0.39, 0.29) is 0 Å². The van der Waals surface area contributed by atoms with Gasteiger partial charge in [0.05, 0.1) is 11.8 Å². The minimum absolute atomic E-state index is 1.13. The molecule has 11 heavy (non-hydrogen) atoms. The smallest absolute Gasteiger partial charge is 0.0872 e. The van der Waals surface area contributed by atoms with Gasteiger partial charge in [-0.15, -0.1) is 0 Å². The molecular weight excluding hydrogens is 156 g/mol. The van der Waals surface area contributed by atoms with Crippen LogP contribution in [0.4, 0.5) is 0 Å². The maximum absolute atomic E-state index is 3.84. The fourth-order valence-corrected chi connectivity index (χ4v) is 1.53. The molecule has 0 aliphatic carbocycles. The molecule has 3 heteroatoms. The summed E-state index contributed by atoms with van der Waals surface area (Å²) in [7, 11) is 0. The minimum atomic E-state index is 1.13. The number of nitrogens with zero attached hydrogens (tertiary/aromatic N) is 2. The second kappa shape index (κ2) is 2.88. The molecule has 0 N–H and O–H groups in total. The van der Waals surface area contributed by atoms with Crippen molar-refractivity contribution in [2.45, 2.75) is 4.90 Å². The van der Waals surface area contributed by atoms with E-state index in [4.69, 9.17) is 0 Å². The summed E-state index contributed by atoms with van der Waals surface area (Å²) in [6.07, 6.45) is 1.77. The second-order valence-electron chi connectivity index (χ2n) is 2.12. The van der Waals surface area contributed by atoms with Gasteiger partial charge in [-0.1, -0.05) is 30.0 Å². The zero-order valence-corrected chi connectivity index (χ0v) is 6.58. The molecule has 0 aromatic heterocycles. The molecule has 1 aromatic rings. The van der Waals surface area contributed by atoms with Gasteiger partial charge in [0.2, 0.25) is 0 Å². The number of hydrogen-bond donors (Lipinski definition) is 0. The topological polar surface area (TPSA) is 24.7 Å². The summed E-state index contributed by atoms with van der Waals surface area (Å²) in [4.78, 5) is 1.21. The van der Waals surface area contributed by atoms with Crippen LogP contribution < -0.4 is 0 Å². The zero-order valence-electron chi connectivity index (χ0n) is 5.77. The summed E-state index contributed by atoms with van der Waals surface area (Å²) in [5, 5.41) is 7.63. The van der Waals surface area contributed by atoms with Crippen molar-refractivity contribution in [3.63, 3.8) is 0 Å². The van der Waals surface area contributed by atoms with Crippen LogP contribution in [0.25, 0.3) is 0 Å². The SMILES string of the molecule is C1=NN=Cc2ccccc2S1. The fourth-order valence-electron chi connectivity index (χ4n) is 0.898. The van der Waals surface area contributed by atoms with Crippen LogP contribution in [-0.4, -0.2) is 11.8 Å². The first kappa shape index (κ1) is 6.61. The van der Waals surface area contributed by atoms with Crippen LogP contribution in [0.15, 0.2) is 39.4 Å². The third-order valence-corrected chi connectivity index (χ3v) is 2.23. The summed E-state index contributed by atoms with van der Waals surface area (Å²) in [6, 6.07) is 8.10. The number of fused-ring (bicyclic) bond motifs is 1. The Bertz CT molecular complexity index is 318. The van der Waals surface area contributed by atoms with Crippen molar-refractivity contribution < 1.29 is 0 Å². The molecule has 0 atom stereocenters. The van der Waals surface area contributed by atoms with E-state index in [1.165, 1.54) is 4.90 Å². The highest BCUT2D eigenvalue weighted by atomic mass is 32.2. The van der Waals surface area contributed by atoms with Gasteiger partial charge in [-0.05, 0) is 6.07 Å². The molecule has 0 saturated heterocycles. The zero-order chi connectivity index (χ0) is 7.52. The van der Waals surface area contributed by atoms with Gasteiger partial charge in [-0.3, -0.25) is 0 Å². The van der Waals surface area contributed by atoms with Gasteiger partial charge < -0.3 is 0 Å². The Labute approximate surface area is 69.0 Å². The molecule has 0 spiro atoms. The van der Waals surface area contributed by atoms with E-state index in [0.717, 1.165) is 5.56 Å². The van der Waals surface area contributed by atoms with Crippen molar-refractivity contribution in [3.8, 4) is 0 Å². The molecule has 0 saturated carbocycles. The number of thioether (sulfide) groups is 1. The lowest BCUT2D eigenvalue weighted by atomic mass is 10.2. The summed E-state index contributed by atoms with van der Waals surface area (Å²) < 4.78 is 0. The Morgan fingerprint density at radius 2 is 2.00 bits per heavy atom. The van der Waals surface area contributed by atoms with Crippen LogP contribution in [0.1, 0.15) is 5.56 Å². The van der Waals surface area contributed by atoms with E-state index in [1.807, 2.05) is 18.2 Å². The first-order valence-corrected chi connectivity index (χ1v) is 4.15. The molecule has 1 aromatic carbocycles. The normalized spacial score (nSPS) is 14.2. The Morgan fingerprint density at radius 3 is 3.00 bits per heavy atom. The minimum Gasteiger partial charge on any atom is -0.158 e. The first-order chi connectivity index (χ1) is 5.47.